The van der Waals surface area contributed by atoms with Gasteiger partial charge in [0.2, 0.25) is 0 Å². The topological polar surface area (TPSA) is 26.3 Å². The van der Waals surface area contributed by atoms with Crippen molar-refractivity contribution in [2.24, 2.45) is 0 Å². The fourth-order valence-electron chi connectivity index (χ4n) is 1.38. The van der Waals surface area contributed by atoms with Gasteiger partial charge in [0, 0.05) is 0 Å². The molecule has 1 atom stereocenters. The normalized spacial score (nSPS) is 12.1. The number of rotatable bonds is 3. The average Bonchev–Trinajstić information content (AvgIpc) is 2.39. The van der Waals surface area contributed by atoms with E-state index in [-0.39, 0.29) is 0 Å². The van der Waals surface area contributed by atoms with Crippen LogP contribution in [0.25, 0.3) is 0 Å². The van der Waals surface area contributed by atoms with Crippen molar-refractivity contribution in [2.75, 3.05) is 7.11 Å². The van der Waals surface area contributed by atoms with Crippen molar-refractivity contribution < 1.29 is 8.57 Å². The van der Waals surface area contributed by atoms with Gasteiger partial charge in [-0.3, -0.25) is 0 Å². The van der Waals surface area contributed by atoms with Gasteiger partial charge in [0.15, 0.2) is 0 Å². The fraction of sp³-hybridized carbons (Fsp3) is 0.0769. The van der Waals surface area contributed by atoms with E-state index in [1.54, 1.807) is 7.11 Å². The van der Waals surface area contributed by atoms with Gasteiger partial charge in [-0.2, -0.15) is 0 Å². The second-order valence-electron chi connectivity index (χ2n) is 3.26. The summed E-state index contributed by atoms with van der Waals surface area (Å²) in [5.74, 6) is 0.788. The molecule has 0 radical (unpaired) electrons. The molecule has 0 saturated carbocycles. The maximum atomic E-state index is 12.2. The zero-order valence-corrected chi connectivity index (χ0v) is 10.6. The van der Waals surface area contributed by atoms with E-state index >= 15 is 0 Å². The monoisotopic (exact) mass is 280 g/mol. The average molecular weight is 279 g/mol. The van der Waals surface area contributed by atoms with Crippen LogP contribution in [0.1, 0.15) is 0 Å². The zero-order valence-electron chi connectivity index (χ0n) is 8.92. The summed E-state index contributed by atoms with van der Waals surface area (Å²) in [4.78, 5) is 0. The van der Waals surface area contributed by atoms with E-state index in [4.69, 9.17) is 4.74 Å². The van der Waals surface area contributed by atoms with Crippen molar-refractivity contribution in [3.8, 4) is 5.75 Å². The molecule has 0 aliphatic carbocycles. The molecule has 2 nitrogen and oxygen atoms in total. The van der Waals surface area contributed by atoms with Crippen LogP contribution in [-0.4, -0.2) is 20.9 Å². The molecule has 0 saturated heterocycles. The van der Waals surface area contributed by atoms with Crippen LogP contribution in [0, 0.1) is 0 Å². The summed E-state index contributed by atoms with van der Waals surface area (Å²) >= 11 is -2.11. The fourth-order valence-corrected chi connectivity index (χ4v) is 3.60. The molecule has 0 fully saturated rings. The zero-order chi connectivity index (χ0) is 11.4. The molecule has 2 aromatic rings. The molecule has 0 amide bonds. The van der Waals surface area contributed by atoms with Crippen LogP contribution in [0.2, 0.25) is 0 Å². The third-order valence-electron chi connectivity index (χ3n) is 2.23. The molecule has 0 aliphatic rings. The van der Waals surface area contributed by atoms with Crippen LogP contribution >= 0.6 is 0 Å². The molecule has 2 aromatic carbocycles. The Kier molecular flexibility index (Phi) is 3.50. The number of benzene rings is 2. The second-order valence-corrected chi connectivity index (χ2v) is 6.36. The summed E-state index contributed by atoms with van der Waals surface area (Å²) in [6.45, 7) is 0. The van der Waals surface area contributed by atoms with Gasteiger partial charge in [0.1, 0.15) is 0 Å². The van der Waals surface area contributed by atoms with Crippen molar-refractivity contribution in [3.05, 3.63) is 54.6 Å². The summed E-state index contributed by atoms with van der Waals surface area (Å²) in [7, 11) is 1.62. The molecule has 3 heteroatoms. The first-order valence-corrected chi connectivity index (χ1v) is 7.33. The van der Waals surface area contributed by atoms with Gasteiger partial charge in [-0.15, -0.1) is 0 Å². The van der Waals surface area contributed by atoms with Crippen LogP contribution < -0.4 is 13.7 Å². The van der Waals surface area contributed by atoms with E-state index in [9.17, 15) is 3.83 Å². The van der Waals surface area contributed by atoms with E-state index in [1.807, 2.05) is 54.6 Å². The van der Waals surface area contributed by atoms with Crippen LogP contribution in [0.15, 0.2) is 54.6 Å². The quantitative estimate of drug-likeness (QED) is 0.790. The van der Waals surface area contributed by atoms with E-state index in [1.165, 1.54) is 0 Å². The molecule has 0 spiro atoms. The first-order chi connectivity index (χ1) is 7.81. The van der Waals surface area contributed by atoms with Crippen molar-refractivity contribution in [1.29, 1.82) is 0 Å². The molecule has 16 heavy (non-hydrogen) atoms. The molecule has 2 rings (SSSR count). The summed E-state index contributed by atoms with van der Waals surface area (Å²) < 4.78 is 19.1. The first-order valence-electron chi connectivity index (χ1n) is 4.92. The third kappa shape index (κ3) is 2.38. The Morgan fingerprint density at radius 3 is 2.00 bits per heavy atom. The Labute approximate surface area is 99.0 Å². The minimum atomic E-state index is -2.11. The molecular formula is C13H12O2Se. The Morgan fingerprint density at radius 2 is 1.44 bits per heavy atom. The minimum absolute atomic E-state index is 0.788. The predicted octanol–water partition coefficient (Wildman–Crippen LogP) is 1.23. The second kappa shape index (κ2) is 5.06. The van der Waals surface area contributed by atoms with Crippen molar-refractivity contribution >= 4 is 22.8 Å². The van der Waals surface area contributed by atoms with E-state index in [0.29, 0.717) is 0 Å². The van der Waals surface area contributed by atoms with Crippen molar-refractivity contribution in [2.45, 2.75) is 0 Å². The van der Waals surface area contributed by atoms with E-state index < -0.39 is 13.8 Å². The number of methoxy groups -OCH3 is 1. The van der Waals surface area contributed by atoms with Gasteiger partial charge in [0.25, 0.3) is 0 Å². The van der Waals surface area contributed by atoms with E-state index in [0.717, 1.165) is 14.7 Å². The van der Waals surface area contributed by atoms with Crippen molar-refractivity contribution in [1.82, 2.24) is 0 Å². The summed E-state index contributed by atoms with van der Waals surface area (Å²) in [6.07, 6.45) is 0. The molecular weight excluding hydrogens is 267 g/mol. The number of hydrogen-bond donors (Lipinski definition) is 0. The maximum absolute atomic E-state index is 12.2. The summed E-state index contributed by atoms with van der Waals surface area (Å²) in [5, 5.41) is 0. The van der Waals surface area contributed by atoms with Crippen LogP contribution in [0.4, 0.5) is 0 Å². The Hall–Kier alpha value is -1.44. The Bertz CT molecular complexity index is 477. The van der Waals surface area contributed by atoms with E-state index in [2.05, 4.69) is 0 Å². The molecule has 82 valence electrons. The molecule has 0 bridgehead atoms. The molecule has 0 aliphatic heterocycles. The Morgan fingerprint density at radius 1 is 0.875 bits per heavy atom. The SMILES string of the molecule is COc1ccc([Se](=O)c2ccccc2)cc1. The Balaban J connectivity index is 2.28. The standard InChI is InChI=1S/C13H12O2Se/c1-15-11-7-9-13(10-8-11)16(14)12-5-3-2-4-6-12/h2-10H,1H3. The molecule has 0 aromatic heterocycles. The van der Waals surface area contributed by atoms with Gasteiger partial charge in [-0.25, -0.2) is 0 Å². The van der Waals surface area contributed by atoms with Crippen LogP contribution in [-0.2, 0) is 3.83 Å². The van der Waals surface area contributed by atoms with Crippen LogP contribution in [0.3, 0.4) is 0 Å². The van der Waals surface area contributed by atoms with Crippen molar-refractivity contribution in [3.63, 3.8) is 0 Å². The number of ether oxygens (including phenoxy) is 1. The summed E-state index contributed by atoms with van der Waals surface area (Å²) in [5.41, 5.74) is 0. The molecule has 1 unspecified atom stereocenters. The van der Waals surface area contributed by atoms with Gasteiger partial charge >= 0.3 is 98.8 Å². The molecule has 0 N–H and O–H groups in total. The predicted molar refractivity (Wildman–Crippen MR) is 65.1 cm³/mol. The van der Waals surface area contributed by atoms with Crippen LogP contribution in [0.5, 0.6) is 5.75 Å². The third-order valence-corrected chi connectivity index (χ3v) is 5.17. The van der Waals surface area contributed by atoms with Gasteiger partial charge in [-0.05, 0) is 0 Å². The van der Waals surface area contributed by atoms with Gasteiger partial charge in [0.05, 0.1) is 0 Å². The first kappa shape index (κ1) is 11.1. The summed E-state index contributed by atoms with van der Waals surface area (Å²) in [6, 6.07) is 17.0. The van der Waals surface area contributed by atoms with Gasteiger partial charge in [-0.1, -0.05) is 0 Å². The molecule has 0 heterocycles. The number of hydrogen-bond acceptors (Lipinski definition) is 2. The van der Waals surface area contributed by atoms with Gasteiger partial charge < -0.3 is 0 Å².